The van der Waals surface area contributed by atoms with Gasteiger partial charge in [0.2, 0.25) is 5.95 Å². The molecule has 0 unspecified atom stereocenters. The average molecular weight is 436 g/mol. The van der Waals surface area contributed by atoms with E-state index in [4.69, 9.17) is 0 Å². The van der Waals surface area contributed by atoms with E-state index < -0.39 is 6.36 Å². The Bertz CT molecular complexity index is 964. The molecule has 11 heteroatoms. The van der Waals surface area contributed by atoms with Crippen LogP contribution in [0.3, 0.4) is 0 Å². The maximum Gasteiger partial charge on any atom is 0.573 e. The van der Waals surface area contributed by atoms with E-state index in [9.17, 15) is 18.0 Å². The summed E-state index contributed by atoms with van der Waals surface area (Å²) in [5, 5.41) is 6.38. The van der Waals surface area contributed by atoms with Crippen molar-refractivity contribution in [3.8, 4) is 5.75 Å². The summed E-state index contributed by atoms with van der Waals surface area (Å²) in [5.41, 5.74) is 0.631. The quantitative estimate of drug-likeness (QED) is 0.734. The molecular weight excluding hydrogens is 413 g/mol. The lowest BCUT2D eigenvalue weighted by Crippen LogP contribution is -2.59. The maximum absolute atomic E-state index is 12.9. The van der Waals surface area contributed by atoms with E-state index in [0.717, 1.165) is 25.7 Å². The molecule has 0 saturated heterocycles. The topological polar surface area (TPSA) is 73.8 Å². The van der Waals surface area contributed by atoms with Crippen LogP contribution < -0.4 is 20.0 Å². The Hall–Kier alpha value is -3.24. The number of para-hydroxylation sites is 2. The van der Waals surface area contributed by atoms with Crippen molar-refractivity contribution in [3.63, 3.8) is 0 Å². The molecule has 0 bridgehead atoms. The molecule has 166 valence electrons. The van der Waals surface area contributed by atoms with Gasteiger partial charge in [0.25, 0.3) is 0 Å². The minimum atomic E-state index is -4.82. The van der Waals surface area contributed by atoms with Crippen LogP contribution in [0, 0.1) is 0 Å². The molecule has 2 aliphatic rings. The van der Waals surface area contributed by atoms with Gasteiger partial charge in [-0.25, -0.2) is 14.8 Å². The number of aromatic nitrogens is 2. The van der Waals surface area contributed by atoms with E-state index in [-0.39, 0.29) is 29.5 Å². The Labute approximate surface area is 177 Å². The number of nitrogens with one attached hydrogen (secondary N) is 1. The predicted octanol–water partition coefficient (Wildman–Crippen LogP) is 4.67. The molecule has 8 nitrogen and oxygen atoms in total. The third kappa shape index (κ3) is 4.17. The first-order valence-corrected chi connectivity index (χ1v) is 10.1. The first kappa shape index (κ1) is 21.0. The molecule has 2 heterocycles. The number of amides is 2. The smallest absolute Gasteiger partial charge is 0.404 e. The second-order valence-electron chi connectivity index (χ2n) is 7.41. The zero-order valence-corrected chi connectivity index (χ0v) is 17.2. The summed E-state index contributed by atoms with van der Waals surface area (Å²) in [6.07, 6.45) is 0.681. The van der Waals surface area contributed by atoms with E-state index in [2.05, 4.69) is 20.0 Å². The molecule has 1 saturated carbocycles. The molecule has 0 radical (unpaired) electrons. The van der Waals surface area contributed by atoms with Crippen LogP contribution in [0.25, 0.3) is 0 Å². The number of benzene rings is 1. The lowest BCUT2D eigenvalue weighted by molar-refractivity contribution is -0.274. The van der Waals surface area contributed by atoms with Gasteiger partial charge in [0, 0.05) is 13.6 Å². The van der Waals surface area contributed by atoms with Gasteiger partial charge in [-0.05, 0) is 31.9 Å². The molecule has 1 fully saturated rings. The van der Waals surface area contributed by atoms with Crippen molar-refractivity contribution in [2.24, 2.45) is 0 Å². The highest BCUT2D eigenvalue weighted by molar-refractivity contribution is 5.98. The van der Waals surface area contributed by atoms with Gasteiger partial charge in [-0.15, -0.1) is 13.2 Å². The van der Waals surface area contributed by atoms with Crippen molar-refractivity contribution >= 4 is 29.2 Å². The van der Waals surface area contributed by atoms with Crippen LogP contribution in [0.1, 0.15) is 32.6 Å². The summed E-state index contributed by atoms with van der Waals surface area (Å²) < 4.78 is 42.3. The fraction of sp³-hybridized carbons (Fsp3) is 0.450. The number of fused-ring (bicyclic) bond motifs is 1. The first-order valence-electron chi connectivity index (χ1n) is 10.1. The van der Waals surface area contributed by atoms with Crippen LogP contribution in [-0.4, -0.2) is 47.0 Å². The molecule has 1 aromatic heterocycles. The number of hydrogen-bond donors (Lipinski definition) is 1. The van der Waals surface area contributed by atoms with Gasteiger partial charge >= 0.3 is 12.4 Å². The molecule has 1 aliphatic heterocycles. The molecule has 2 amide bonds. The van der Waals surface area contributed by atoms with Crippen LogP contribution >= 0.6 is 0 Å². The van der Waals surface area contributed by atoms with Crippen molar-refractivity contribution in [3.05, 3.63) is 30.5 Å². The SMILES string of the molecule is CCN1C(=O)N(C)c2cnc(Nc3ccccc3OC(F)(F)F)nc2N1C1CCCC1. The number of nitrogens with zero attached hydrogens (tertiary/aromatic N) is 5. The highest BCUT2D eigenvalue weighted by Crippen LogP contribution is 2.39. The predicted molar refractivity (Wildman–Crippen MR) is 109 cm³/mol. The lowest BCUT2D eigenvalue weighted by Gasteiger charge is -2.45. The number of urea groups is 1. The van der Waals surface area contributed by atoms with E-state index >= 15 is 0 Å². The number of rotatable bonds is 5. The van der Waals surface area contributed by atoms with Crippen LogP contribution in [-0.2, 0) is 0 Å². The van der Waals surface area contributed by atoms with Crippen molar-refractivity contribution in [2.45, 2.75) is 45.0 Å². The Morgan fingerprint density at radius 3 is 2.61 bits per heavy atom. The molecule has 0 atom stereocenters. The Morgan fingerprint density at radius 2 is 1.94 bits per heavy atom. The summed E-state index contributed by atoms with van der Waals surface area (Å²) in [7, 11) is 1.65. The number of ether oxygens (including phenoxy) is 1. The van der Waals surface area contributed by atoms with Crippen molar-refractivity contribution in [1.82, 2.24) is 15.0 Å². The second-order valence-corrected chi connectivity index (χ2v) is 7.41. The van der Waals surface area contributed by atoms with E-state index in [1.54, 1.807) is 18.1 Å². The second kappa shape index (κ2) is 8.12. The largest absolute Gasteiger partial charge is 0.573 e. The highest BCUT2D eigenvalue weighted by atomic mass is 19.4. The van der Waals surface area contributed by atoms with Crippen molar-refractivity contribution < 1.29 is 22.7 Å². The van der Waals surface area contributed by atoms with Crippen LogP contribution in [0.4, 0.5) is 41.1 Å². The minimum Gasteiger partial charge on any atom is -0.404 e. The van der Waals surface area contributed by atoms with Gasteiger partial charge in [0.05, 0.1) is 17.9 Å². The monoisotopic (exact) mass is 436 g/mol. The van der Waals surface area contributed by atoms with Gasteiger partial charge in [-0.2, -0.15) is 4.98 Å². The molecule has 0 spiro atoms. The minimum absolute atomic E-state index is 0.0831. The first-order chi connectivity index (χ1) is 14.8. The molecule has 1 aromatic carbocycles. The standard InChI is InChI=1S/C20H23F3N6O2/c1-3-28-19(30)27(2)15-12-24-18(26-17(15)29(28)13-8-4-5-9-13)25-14-10-6-7-11-16(14)31-20(21,22)23/h6-7,10-13H,3-5,8-9H2,1-2H3,(H,24,25,26). The van der Waals surface area contributed by atoms with Gasteiger partial charge in [0.1, 0.15) is 5.69 Å². The molecule has 31 heavy (non-hydrogen) atoms. The number of alkyl halides is 3. The molecule has 2 aromatic rings. The third-order valence-electron chi connectivity index (χ3n) is 5.43. The van der Waals surface area contributed by atoms with E-state index in [1.165, 1.54) is 29.3 Å². The molecule has 1 N–H and O–H groups in total. The number of hydrazine groups is 1. The summed E-state index contributed by atoms with van der Waals surface area (Å²) in [4.78, 5) is 23.1. The highest BCUT2D eigenvalue weighted by Gasteiger charge is 2.39. The summed E-state index contributed by atoms with van der Waals surface area (Å²) in [6, 6.07) is 5.65. The van der Waals surface area contributed by atoms with E-state index in [1.807, 2.05) is 11.9 Å². The van der Waals surface area contributed by atoms with Gasteiger partial charge < -0.3 is 10.1 Å². The molecule has 4 rings (SSSR count). The summed E-state index contributed by atoms with van der Waals surface area (Å²) in [6.45, 7) is 2.36. The van der Waals surface area contributed by atoms with Crippen LogP contribution in [0.15, 0.2) is 30.5 Å². The average Bonchev–Trinajstić information content (AvgIpc) is 3.25. The fourth-order valence-corrected chi connectivity index (χ4v) is 4.03. The van der Waals surface area contributed by atoms with Crippen LogP contribution in [0.5, 0.6) is 5.75 Å². The zero-order valence-electron chi connectivity index (χ0n) is 17.2. The Balaban J connectivity index is 1.71. The molecular formula is C20H23F3N6O2. The number of hydrogen-bond acceptors (Lipinski definition) is 6. The van der Waals surface area contributed by atoms with Gasteiger partial charge in [0.15, 0.2) is 11.6 Å². The van der Waals surface area contributed by atoms with Crippen molar-refractivity contribution in [1.29, 1.82) is 0 Å². The summed E-state index contributed by atoms with van der Waals surface area (Å²) in [5.74, 6) is 0.271. The number of carbonyl (C=O) groups excluding carboxylic acids is 1. The normalized spacial score (nSPS) is 17.2. The van der Waals surface area contributed by atoms with E-state index in [0.29, 0.717) is 18.1 Å². The summed E-state index contributed by atoms with van der Waals surface area (Å²) >= 11 is 0. The third-order valence-corrected chi connectivity index (χ3v) is 5.43. The van der Waals surface area contributed by atoms with Crippen molar-refractivity contribution in [2.75, 3.05) is 28.8 Å². The number of anilines is 4. The lowest BCUT2D eigenvalue weighted by atomic mass is 10.2. The fourth-order valence-electron chi connectivity index (χ4n) is 4.03. The molecule has 1 aliphatic carbocycles. The Morgan fingerprint density at radius 1 is 1.23 bits per heavy atom. The Kier molecular flexibility index (Phi) is 5.50. The van der Waals surface area contributed by atoms with Crippen LogP contribution in [0.2, 0.25) is 0 Å². The van der Waals surface area contributed by atoms with Gasteiger partial charge in [-0.3, -0.25) is 9.91 Å². The maximum atomic E-state index is 12.9. The van der Waals surface area contributed by atoms with Gasteiger partial charge in [-0.1, -0.05) is 25.0 Å². The zero-order chi connectivity index (χ0) is 22.2. The number of carbonyl (C=O) groups is 1. The number of halogens is 3.